The molecule has 0 aliphatic carbocycles. The second-order valence-electron chi connectivity index (χ2n) is 4.00. The van der Waals surface area contributed by atoms with E-state index in [1.165, 1.54) is 16.2 Å². The normalized spacial score (nSPS) is 12.4. The third kappa shape index (κ3) is 2.44. The minimum absolute atomic E-state index is 0.0854. The monoisotopic (exact) mass is 266 g/mol. The van der Waals surface area contributed by atoms with Crippen molar-refractivity contribution in [2.24, 2.45) is 0 Å². The number of carbonyl (C=O) groups excluding carboxylic acids is 1. The fourth-order valence-corrected chi connectivity index (χ4v) is 2.09. The van der Waals surface area contributed by atoms with Gasteiger partial charge in [0.1, 0.15) is 0 Å². The number of aromatic nitrogens is 1. The van der Waals surface area contributed by atoms with Crippen molar-refractivity contribution in [2.45, 2.75) is 13.0 Å². The second kappa shape index (κ2) is 5.32. The number of hydrogen-bond acceptors (Lipinski definition) is 5. The van der Waals surface area contributed by atoms with E-state index < -0.39 is 0 Å². The molecule has 6 heteroatoms. The molecule has 96 valence electrons. The van der Waals surface area contributed by atoms with E-state index >= 15 is 0 Å². The first-order valence-electron chi connectivity index (χ1n) is 5.52. The zero-order valence-electron chi connectivity index (χ0n) is 10.2. The second-order valence-corrected chi connectivity index (χ2v) is 4.95. The van der Waals surface area contributed by atoms with E-state index in [1.807, 2.05) is 17.5 Å². The smallest absolute Gasteiger partial charge is 0.276 e. The number of amides is 1. The molecule has 2 rings (SSSR count). The molecular weight excluding hydrogens is 252 g/mol. The molecule has 5 nitrogen and oxygen atoms in total. The topological polar surface area (TPSA) is 66.6 Å². The number of aliphatic hydroxyl groups is 1. The van der Waals surface area contributed by atoms with Crippen molar-refractivity contribution in [2.75, 3.05) is 13.7 Å². The maximum Gasteiger partial charge on any atom is 0.276 e. The third-order valence-corrected chi connectivity index (χ3v) is 3.62. The lowest BCUT2D eigenvalue weighted by Gasteiger charge is -2.21. The summed E-state index contributed by atoms with van der Waals surface area (Å²) in [5, 5.41) is 14.7. The summed E-state index contributed by atoms with van der Waals surface area (Å²) in [7, 11) is 1.63. The van der Waals surface area contributed by atoms with Gasteiger partial charge in [-0.2, -0.15) is 0 Å². The van der Waals surface area contributed by atoms with Gasteiger partial charge in [-0.3, -0.25) is 4.79 Å². The third-order valence-electron chi connectivity index (χ3n) is 2.74. The molecule has 1 N–H and O–H groups in total. The fraction of sp³-hybridized carbons (Fsp3) is 0.333. The summed E-state index contributed by atoms with van der Waals surface area (Å²) in [5.41, 5.74) is 0.251. The predicted molar refractivity (Wildman–Crippen MR) is 68.5 cm³/mol. The molecule has 1 amide bonds. The molecule has 1 atom stereocenters. The summed E-state index contributed by atoms with van der Waals surface area (Å²) in [5.74, 6) is 0.321. The molecule has 0 bridgehead atoms. The Morgan fingerprint density at radius 1 is 1.67 bits per heavy atom. The van der Waals surface area contributed by atoms with E-state index in [4.69, 9.17) is 9.63 Å². The molecule has 1 unspecified atom stereocenters. The lowest BCUT2D eigenvalue weighted by atomic mass is 10.2. The molecule has 2 heterocycles. The SMILES string of the molecule is CC(CO)N(C)C(=O)c1cc(-c2cccs2)on1. The van der Waals surface area contributed by atoms with Gasteiger partial charge < -0.3 is 14.5 Å². The number of hydrogen-bond donors (Lipinski definition) is 1. The maximum absolute atomic E-state index is 12.0. The first-order chi connectivity index (χ1) is 8.63. The van der Waals surface area contributed by atoms with E-state index in [2.05, 4.69) is 5.16 Å². The Hall–Kier alpha value is -1.66. The van der Waals surface area contributed by atoms with Crippen LogP contribution in [0.5, 0.6) is 0 Å². The summed E-state index contributed by atoms with van der Waals surface area (Å²) in [4.78, 5) is 14.4. The van der Waals surface area contributed by atoms with Crippen LogP contribution >= 0.6 is 11.3 Å². The van der Waals surface area contributed by atoms with Crippen LogP contribution in [0.1, 0.15) is 17.4 Å². The highest BCUT2D eigenvalue weighted by molar-refractivity contribution is 7.13. The van der Waals surface area contributed by atoms with Crippen LogP contribution in [0.3, 0.4) is 0 Å². The van der Waals surface area contributed by atoms with E-state index in [1.54, 1.807) is 20.0 Å². The van der Waals surface area contributed by atoms with Gasteiger partial charge in [0.15, 0.2) is 11.5 Å². The molecule has 0 fully saturated rings. The van der Waals surface area contributed by atoms with Crippen molar-refractivity contribution < 1.29 is 14.4 Å². The Bertz CT molecular complexity index is 521. The fourth-order valence-electron chi connectivity index (χ4n) is 1.41. The van der Waals surface area contributed by atoms with Crippen molar-refractivity contribution in [3.05, 3.63) is 29.3 Å². The van der Waals surface area contributed by atoms with Gasteiger partial charge >= 0.3 is 0 Å². The summed E-state index contributed by atoms with van der Waals surface area (Å²) in [6.45, 7) is 1.68. The molecule has 0 aliphatic heterocycles. The molecule has 0 saturated heterocycles. The first kappa shape index (κ1) is 12.8. The van der Waals surface area contributed by atoms with E-state index in [9.17, 15) is 4.79 Å². The van der Waals surface area contributed by atoms with Crippen molar-refractivity contribution in [3.63, 3.8) is 0 Å². The van der Waals surface area contributed by atoms with Crippen LogP contribution in [0.15, 0.2) is 28.1 Å². The van der Waals surface area contributed by atoms with Crippen molar-refractivity contribution in [1.82, 2.24) is 10.1 Å². The van der Waals surface area contributed by atoms with Gasteiger partial charge in [0, 0.05) is 13.1 Å². The lowest BCUT2D eigenvalue weighted by Crippen LogP contribution is -2.37. The van der Waals surface area contributed by atoms with Crippen molar-refractivity contribution in [1.29, 1.82) is 0 Å². The molecule has 18 heavy (non-hydrogen) atoms. The van der Waals surface area contributed by atoms with Crippen molar-refractivity contribution in [3.8, 4) is 10.6 Å². The van der Waals surface area contributed by atoms with E-state index in [0.29, 0.717) is 5.76 Å². The largest absolute Gasteiger partial charge is 0.394 e. The Labute approximate surface area is 109 Å². The number of aliphatic hydroxyl groups excluding tert-OH is 1. The maximum atomic E-state index is 12.0. The number of thiophene rings is 1. The number of likely N-dealkylation sites (N-methyl/N-ethyl adjacent to an activating group) is 1. The molecule has 0 spiro atoms. The number of rotatable bonds is 4. The minimum atomic E-state index is -0.261. The number of nitrogens with zero attached hydrogens (tertiary/aromatic N) is 2. The van der Waals surface area contributed by atoms with Gasteiger partial charge in [0.25, 0.3) is 5.91 Å². The van der Waals surface area contributed by atoms with Crippen LogP contribution in [-0.2, 0) is 0 Å². The van der Waals surface area contributed by atoms with Gasteiger partial charge in [0.2, 0.25) is 0 Å². The molecule has 0 aliphatic rings. The van der Waals surface area contributed by atoms with Crippen LogP contribution in [0.4, 0.5) is 0 Å². The summed E-state index contributed by atoms with van der Waals surface area (Å²) >= 11 is 1.52. The summed E-state index contributed by atoms with van der Waals surface area (Å²) in [6, 6.07) is 5.18. The first-order valence-corrected chi connectivity index (χ1v) is 6.40. The molecule has 0 aromatic carbocycles. The van der Waals surface area contributed by atoms with Crippen LogP contribution < -0.4 is 0 Å². The highest BCUT2D eigenvalue weighted by atomic mass is 32.1. The summed E-state index contributed by atoms with van der Waals surface area (Å²) in [6.07, 6.45) is 0. The van der Waals surface area contributed by atoms with Gasteiger partial charge in [-0.1, -0.05) is 11.2 Å². The van der Waals surface area contributed by atoms with E-state index in [-0.39, 0.29) is 24.2 Å². The molecule has 0 radical (unpaired) electrons. The van der Waals surface area contributed by atoms with Crippen LogP contribution in [0.2, 0.25) is 0 Å². The van der Waals surface area contributed by atoms with Gasteiger partial charge in [-0.15, -0.1) is 11.3 Å². The van der Waals surface area contributed by atoms with Gasteiger partial charge in [-0.25, -0.2) is 0 Å². The Morgan fingerprint density at radius 2 is 2.44 bits per heavy atom. The highest BCUT2D eigenvalue weighted by Crippen LogP contribution is 2.25. The Balaban J connectivity index is 2.18. The quantitative estimate of drug-likeness (QED) is 0.917. The highest BCUT2D eigenvalue weighted by Gasteiger charge is 2.21. The van der Waals surface area contributed by atoms with Crippen LogP contribution in [0, 0.1) is 0 Å². The van der Waals surface area contributed by atoms with E-state index in [0.717, 1.165) is 4.88 Å². The van der Waals surface area contributed by atoms with Crippen molar-refractivity contribution >= 4 is 17.2 Å². The van der Waals surface area contributed by atoms with Gasteiger partial charge in [0.05, 0.1) is 17.5 Å². The minimum Gasteiger partial charge on any atom is -0.394 e. The van der Waals surface area contributed by atoms with Crippen LogP contribution in [-0.4, -0.2) is 40.8 Å². The van der Waals surface area contributed by atoms with Gasteiger partial charge in [-0.05, 0) is 18.4 Å². The lowest BCUT2D eigenvalue weighted by molar-refractivity contribution is 0.0672. The molecular formula is C12H14N2O3S. The standard InChI is InChI=1S/C12H14N2O3S/c1-8(7-15)14(2)12(16)9-6-10(17-13-9)11-4-3-5-18-11/h3-6,8,15H,7H2,1-2H3. The molecule has 0 saturated carbocycles. The zero-order chi connectivity index (χ0) is 13.1. The Kier molecular flexibility index (Phi) is 3.78. The average Bonchev–Trinajstić information content (AvgIpc) is 3.05. The zero-order valence-corrected chi connectivity index (χ0v) is 11.0. The van der Waals surface area contributed by atoms with Crippen LogP contribution in [0.25, 0.3) is 10.6 Å². The predicted octanol–water partition coefficient (Wildman–Crippen LogP) is 1.86. The molecule has 2 aromatic rings. The Morgan fingerprint density at radius 3 is 3.06 bits per heavy atom. The average molecular weight is 266 g/mol. The number of carbonyl (C=O) groups is 1. The summed E-state index contributed by atoms with van der Waals surface area (Å²) < 4.78 is 5.14. The molecule has 2 aromatic heterocycles.